The number of carbonyl (C=O) groups is 1. The maximum Gasteiger partial charge on any atom is 0.333 e. The van der Waals surface area contributed by atoms with Crippen molar-refractivity contribution in [1.82, 2.24) is 0 Å². The molecule has 0 aliphatic rings. The van der Waals surface area contributed by atoms with Gasteiger partial charge in [0, 0.05) is 5.57 Å². The van der Waals surface area contributed by atoms with Gasteiger partial charge in [0.2, 0.25) is 0 Å². The number of ether oxygens (including phenoxy) is 5. The summed E-state index contributed by atoms with van der Waals surface area (Å²) in [5, 5.41) is 0. The summed E-state index contributed by atoms with van der Waals surface area (Å²) < 4.78 is 25.8. The van der Waals surface area contributed by atoms with E-state index in [1.54, 1.807) is 13.2 Å². The molecule has 21 heavy (non-hydrogen) atoms. The summed E-state index contributed by atoms with van der Waals surface area (Å²) in [5.41, 5.74) is 0.384. The highest BCUT2D eigenvalue weighted by Crippen LogP contribution is 1.91. The Morgan fingerprint density at radius 2 is 1.38 bits per heavy atom. The normalized spacial score (nSPS) is 10.8. The first-order valence-corrected chi connectivity index (χ1v) is 6.97. The monoisotopic (exact) mass is 302 g/mol. The van der Waals surface area contributed by atoms with Gasteiger partial charge < -0.3 is 23.7 Å². The van der Waals surface area contributed by atoms with Crippen molar-refractivity contribution in [2.75, 3.05) is 52.9 Å². The van der Waals surface area contributed by atoms with Gasteiger partial charge in [-0.1, -0.05) is 12.7 Å². The number of allylic oxidation sites excluding steroid dienone is 1. The molecule has 0 radical (unpaired) electrons. The van der Waals surface area contributed by atoms with Crippen molar-refractivity contribution in [3.8, 4) is 0 Å². The molecule has 0 aliphatic carbocycles. The number of hydrogen-bond acceptors (Lipinski definition) is 6. The van der Waals surface area contributed by atoms with Crippen LogP contribution in [0.25, 0.3) is 0 Å². The molecular weight excluding hydrogens is 276 g/mol. The van der Waals surface area contributed by atoms with Crippen molar-refractivity contribution in [3.05, 3.63) is 24.5 Å². The number of hydrogen-bond donors (Lipinski definition) is 0. The fourth-order valence-electron chi connectivity index (χ4n) is 1.13. The van der Waals surface area contributed by atoms with E-state index < -0.39 is 5.97 Å². The average Bonchev–Trinajstić information content (AvgIpc) is 2.47. The molecule has 0 aromatic carbocycles. The molecule has 0 N–H and O–H groups in total. The zero-order valence-corrected chi connectivity index (χ0v) is 13.0. The van der Waals surface area contributed by atoms with Gasteiger partial charge in [0.05, 0.1) is 45.9 Å². The fourth-order valence-corrected chi connectivity index (χ4v) is 1.13. The molecule has 0 rings (SSSR count). The van der Waals surface area contributed by atoms with Crippen LogP contribution in [0, 0.1) is 0 Å². The van der Waals surface area contributed by atoms with Crippen molar-refractivity contribution in [2.45, 2.75) is 13.8 Å². The summed E-state index contributed by atoms with van der Waals surface area (Å²) in [4.78, 5) is 11.0. The van der Waals surface area contributed by atoms with Crippen molar-refractivity contribution >= 4 is 5.97 Å². The summed E-state index contributed by atoms with van der Waals surface area (Å²) in [6.45, 7) is 10.6. The molecule has 0 saturated carbocycles. The smallest absolute Gasteiger partial charge is 0.333 e. The van der Waals surface area contributed by atoms with Crippen LogP contribution in [0.3, 0.4) is 0 Å². The van der Waals surface area contributed by atoms with Crippen molar-refractivity contribution in [1.29, 1.82) is 0 Å². The van der Waals surface area contributed by atoms with Gasteiger partial charge in [-0.15, -0.1) is 0 Å². The molecule has 0 unspecified atom stereocenters. The maximum atomic E-state index is 11.0. The molecule has 122 valence electrons. The lowest BCUT2D eigenvalue weighted by molar-refractivity contribution is -0.140. The first-order valence-electron chi connectivity index (χ1n) is 6.97. The minimum absolute atomic E-state index is 0.223. The van der Waals surface area contributed by atoms with E-state index in [9.17, 15) is 4.79 Å². The molecule has 6 heteroatoms. The lowest BCUT2D eigenvalue weighted by Crippen LogP contribution is -2.14. The average molecular weight is 302 g/mol. The molecule has 0 heterocycles. The summed E-state index contributed by atoms with van der Waals surface area (Å²) >= 11 is 0. The van der Waals surface area contributed by atoms with Gasteiger partial charge in [-0.25, -0.2) is 4.79 Å². The molecule has 0 aromatic rings. The Morgan fingerprint density at radius 1 is 0.905 bits per heavy atom. The third kappa shape index (κ3) is 14.8. The second kappa shape index (κ2) is 15.0. The van der Waals surface area contributed by atoms with Crippen LogP contribution in [0.5, 0.6) is 0 Å². The van der Waals surface area contributed by atoms with Crippen LogP contribution >= 0.6 is 0 Å². The molecule has 0 fully saturated rings. The van der Waals surface area contributed by atoms with E-state index in [0.717, 1.165) is 0 Å². The van der Waals surface area contributed by atoms with Crippen LogP contribution in [-0.4, -0.2) is 58.8 Å². The Hall–Kier alpha value is -1.37. The van der Waals surface area contributed by atoms with E-state index in [0.29, 0.717) is 51.8 Å². The molecule has 0 saturated heterocycles. The Morgan fingerprint density at radius 3 is 1.86 bits per heavy atom. The van der Waals surface area contributed by atoms with Gasteiger partial charge in [-0.2, -0.15) is 0 Å². The minimum Gasteiger partial charge on any atom is -0.499 e. The Labute approximate surface area is 126 Å². The summed E-state index contributed by atoms with van der Waals surface area (Å²) in [6, 6.07) is 0. The lowest BCUT2D eigenvalue weighted by Gasteiger charge is -2.07. The second-order valence-corrected chi connectivity index (χ2v) is 4.09. The second-order valence-electron chi connectivity index (χ2n) is 4.09. The predicted molar refractivity (Wildman–Crippen MR) is 79.0 cm³/mol. The summed E-state index contributed by atoms with van der Waals surface area (Å²) in [6.07, 6.45) is 3.45. The molecule has 0 spiro atoms. The summed E-state index contributed by atoms with van der Waals surface area (Å²) in [7, 11) is 0. The van der Waals surface area contributed by atoms with E-state index >= 15 is 0 Å². The fraction of sp³-hybridized carbons (Fsp3) is 0.667. The van der Waals surface area contributed by atoms with Gasteiger partial charge in [0.25, 0.3) is 0 Å². The van der Waals surface area contributed by atoms with Crippen molar-refractivity contribution < 1.29 is 28.5 Å². The van der Waals surface area contributed by atoms with Gasteiger partial charge >= 0.3 is 5.97 Å². The van der Waals surface area contributed by atoms with Crippen LogP contribution in [-0.2, 0) is 28.5 Å². The molecule has 6 nitrogen and oxygen atoms in total. The Bertz CT molecular complexity index is 301. The van der Waals surface area contributed by atoms with E-state index in [2.05, 4.69) is 6.58 Å². The SMILES string of the molecule is C=C(C)C(=O)OCCOCCOCCOCCOC=CC. The molecule has 0 bridgehead atoms. The highest BCUT2D eigenvalue weighted by molar-refractivity contribution is 5.86. The molecule has 0 aromatic heterocycles. The number of rotatable bonds is 14. The van der Waals surface area contributed by atoms with Crippen LogP contribution in [0.2, 0.25) is 0 Å². The topological polar surface area (TPSA) is 63.2 Å². The van der Waals surface area contributed by atoms with E-state index in [4.69, 9.17) is 23.7 Å². The molecular formula is C15H26O6. The van der Waals surface area contributed by atoms with Gasteiger partial charge in [-0.3, -0.25) is 0 Å². The van der Waals surface area contributed by atoms with Gasteiger partial charge in [0.1, 0.15) is 13.2 Å². The first kappa shape index (κ1) is 19.6. The first-order chi connectivity index (χ1) is 10.2. The Kier molecular flexibility index (Phi) is 14.0. The number of esters is 1. The van der Waals surface area contributed by atoms with Crippen LogP contribution in [0.4, 0.5) is 0 Å². The van der Waals surface area contributed by atoms with Crippen LogP contribution < -0.4 is 0 Å². The van der Waals surface area contributed by atoms with Crippen molar-refractivity contribution in [3.63, 3.8) is 0 Å². The largest absolute Gasteiger partial charge is 0.499 e. The maximum absolute atomic E-state index is 11.0. The van der Waals surface area contributed by atoms with Crippen LogP contribution in [0.1, 0.15) is 13.8 Å². The summed E-state index contributed by atoms with van der Waals surface area (Å²) in [5.74, 6) is -0.398. The molecule has 0 aliphatic heterocycles. The third-order valence-electron chi connectivity index (χ3n) is 2.13. The molecule has 0 amide bonds. The highest BCUT2D eigenvalue weighted by Gasteiger charge is 2.01. The van der Waals surface area contributed by atoms with E-state index in [-0.39, 0.29) is 6.61 Å². The zero-order chi connectivity index (χ0) is 15.8. The standard InChI is InChI=1S/C15H26O6/c1-4-5-17-6-7-18-8-9-19-10-11-20-12-13-21-15(16)14(2)3/h4-5H,2,6-13H2,1,3H3. The number of carbonyl (C=O) groups excluding carboxylic acids is 1. The lowest BCUT2D eigenvalue weighted by atomic mass is 10.4. The Balaban J connectivity index is 3.09. The highest BCUT2D eigenvalue weighted by atomic mass is 16.6. The quantitative estimate of drug-likeness (QED) is 0.211. The predicted octanol–water partition coefficient (Wildman–Crippen LogP) is 1.71. The minimum atomic E-state index is -0.398. The van der Waals surface area contributed by atoms with Crippen molar-refractivity contribution in [2.24, 2.45) is 0 Å². The van der Waals surface area contributed by atoms with Gasteiger partial charge in [-0.05, 0) is 13.8 Å². The third-order valence-corrected chi connectivity index (χ3v) is 2.13. The van der Waals surface area contributed by atoms with Crippen LogP contribution in [0.15, 0.2) is 24.5 Å². The molecule has 0 atom stereocenters. The van der Waals surface area contributed by atoms with E-state index in [1.807, 2.05) is 13.0 Å². The zero-order valence-electron chi connectivity index (χ0n) is 13.0. The van der Waals surface area contributed by atoms with Gasteiger partial charge in [0.15, 0.2) is 0 Å². The van der Waals surface area contributed by atoms with E-state index in [1.165, 1.54) is 0 Å².